The number of alkyl halides is 2. The first-order valence-electron chi connectivity index (χ1n) is 4.04. The molecule has 0 amide bonds. The summed E-state index contributed by atoms with van der Waals surface area (Å²) in [6.07, 6.45) is 3.52. The first-order chi connectivity index (χ1) is 6.76. The van der Waals surface area contributed by atoms with Crippen molar-refractivity contribution >= 4 is 6.47 Å². The minimum Gasteiger partial charge on any atom is -0.483 e. The number of rotatable bonds is 1. The van der Waals surface area contributed by atoms with E-state index in [9.17, 15) is 13.7 Å². The summed E-state index contributed by atoms with van der Waals surface area (Å²) in [6.45, 7) is -0.271. The monoisotopic (exact) mass is 214 g/mol. The number of piperidine rings is 1. The second-order valence-electron chi connectivity index (χ2n) is 2.30. The first kappa shape index (κ1) is 15.2. The molecule has 1 saturated heterocycles. The van der Waals surface area contributed by atoms with Gasteiger partial charge in [0.1, 0.15) is 0 Å². The second kappa shape index (κ2) is 14.3. The summed E-state index contributed by atoms with van der Waals surface area (Å²) in [5, 5.41) is 11.3. The van der Waals surface area contributed by atoms with E-state index in [0.29, 0.717) is 0 Å². The Labute approximate surface area is 82.1 Å². The van der Waals surface area contributed by atoms with Gasteiger partial charge in [0.15, 0.2) is 0 Å². The van der Waals surface area contributed by atoms with E-state index in [0.717, 1.165) is 25.9 Å². The fraction of sp³-hybridized carbons (Fsp3) is 0.857. The molecule has 1 aliphatic heterocycles. The predicted octanol–water partition coefficient (Wildman–Crippen LogP) is 1.98. The maximum absolute atomic E-state index is 9.84. The molecule has 0 saturated carbocycles. The zero-order valence-corrected chi connectivity index (χ0v) is 7.73. The van der Waals surface area contributed by atoms with Crippen molar-refractivity contribution in [3.8, 4) is 0 Å². The van der Waals surface area contributed by atoms with Crippen LogP contribution < -0.4 is 0 Å². The molecule has 0 aromatic heterocycles. The molecule has 0 aliphatic carbocycles. The fourth-order valence-electron chi connectivity index (χ4n) is 0.959. The largest absolute Gasteiger partial charge is 0.483 e. The van der Waals surface area contributed by atoms with E-state index in [1.807, 2.05) is 0 Å². The van der Waals surface area contributed by atoms with Crippen LogP contribution in [0.5, 0.6) is 0 Å². The molecular formula is C7H16F2N2O3. The van der Waals surface area contributed by atoms with E-state index in [2.05, 4.69) is 5.29 Å². The van der Waals surface area contributed by atoms with Gasteiger partial charge in [-0.2, -0.15) is 0 Å². The van der Waals surface area contributed by atoms with Crippen LogP contribution in [0.25, 0.3) is 0 Å². The van der Waals surface area contributed by atoms with Crippen molar-refractivity contribution in [2.45, 2.75) is 19.3 Å². The van der Waals surface area contributed by atoms with Gasteiger partial charge in [-0.25, -0.2) is 8.78 Å². The zero-order chi connectivity index (χ0) is 11.2. The van der Waals surface area contributed by atoms with Gasteiger partial charge in [-0.05, 0) is 19.3 Å². The van der Waals surface area contributed by atoms with Gasteiger partial charge in [-0.3, -0.25) is 9.80 Å². The lowest BCUT2D eigenvalue weighted by atomic mass is 10.2. The predicted molar refractivity (Wildman–Crippen MR) is 49.1 cm³/mol. The Balaban J connectivity index is -0.000000177. The van der Waals surface area contributed by atoms with Gasteiger partial charge in [-0.1, -0.05) is 0 Å². The lowest BCUT2D eigenvalue weighted by Crippen LogP contribution is -2.23. The Hall–Kier alpha value is -1.27. The molecule has 5 nitrogen and oxygen atoms in total. The smallest absolute Gasteiger partial charge is 0.290 e. The molecule has 86 valence electrons. The lowest BCUT2D eigenvalue weighted by Gasteiger charge is -2.19. The summed E-state index contributed by atoms with van der Waals surface area (Å²) >= 11 is 0. The van der Waals surface area contributed by atoms with Crippen molar-refractivity contribution in [3.05, 3.63) is 4.91 Å². The summed E-state index contributed by atoms with van der Waals surface area (Å²) in [5.41, 5.74) is 0. The highest BCUT2D eigenvalue weighted by Gasteiger charge is 2.06. The summed E-state index contributed by atoms with van der Waals surface area (Å²) in [6, 6.07) is 0. The number of halogens is 2. The molecule has 0 aromatic rings. The van der Waals surface area contributed by atoms with Crippen molar-refractivity contribution in [1.82, 2.24) is 5.01 Å². The van der Waals surface area contributed by atoms with E-state index in [1.54, 1.807) is 5.01 Å². The number of hydrogen-bond acceptors (Lipinski definition) is 3. The van der Waals surface area contributed by atoms with Crippen LogP contribution in [-0.2, 0) is 4.79 Å². The first-order valence-corrected chi connectivity index (χ1v) is 4.04. The van der Waals surface area contributed by atoms with E-state index in [1.165, 1.54) is 6.42 Å². The van der Waals surface area contributed by atoms with Crippen LogP contribution >= 0.6 is 0 Å². The third-order valence-electron chi connectivity index (χ3n) is 1.45. The molecule has 0 spiro atoms. The number of carboxylic acid groups (broad SMARTS) is 1. The Morgan fingerprint density at radius 3 is 1.93 bits per heavy atom. The van der Waals surface area contributed by atoms with E-state index in [-0.39, 0.29) is 7.90 Å². The summed E-state index contributed by atoms with van der Waals surface area (Å²) < 4.78 is 19.2. The Morgan fingerprint density at radius 1 is 1.36 bits per heavy atom. The molecule has 0 unspecified atom stereocenters. The van der Waals surface area contributed by atoms with Crippen molar-refractivity contribution < 1.29 is 20.1 Å². The lowest BCUT2D eigenvalue weighted by molar-refractivity contribution is -0.122. The van der Waals surface area contributed by atoms with Crippen LogP contribution in [-0.4, -0.2) is 36.6 Å². The highest BCUT2D eigenvalue weighted by molar-refractivity contribution is 5.32. The van der Waals surface area contributed by atoms with E-state index < -0.39 is 6.93 Å². The van der Waals surface area contributed by atoms with Gasteiger partial charge in [0.2, 0.25) is 6.93 Å². The van der Waals surface area contributed by atoms with Gasteiger partial charge in [0.05, 0.1) is 5.29 Å². The molecule has 1 heterocycles. The van der Waals surface area contributed by atoms with Gasteiger partial charge in [0, 0.05) is 14.5 Å². The minimum atomic E-state index is -1.75. The normalized spacial score (nSPS) is 14.0. The molecular weight excluding hydrogens is 198 g/mol. The number of carbonyl (C=O) groups is 1. The topological polar surface area (TPSA) is 70.0 Å². The van der Waals surface area contributed by atoms with Crippen molar-refractivity contribution in [3.63, 3.8) is 0 Å². The average Bonchev–Trinajstić information content (AvgIpc) is 2.21. The number of hydrogen-bond donors (Lipinski definition) is 1. The van der Waals surface area contributed by atoms with Crippen molar-refractivity contribution in [1.29, 1.82) is 0 Å². The maximum Gasteiger partial charge on any atom is 0.290 e. The summed E-state index contributed by atoms with van der Waals surface area (Å²) in [4.78, 5) is 18.2. The molecule has 0 bridgehead atoms. The van der Waals surface area contributed by atoms with Crippen LogP contribution in [0, 0.1) is 4.91 Å². The van der Waals surface area contributed by atoms with Gasteiger partial charge < -0.3 is 5.11 Å². The SMILES string of the molecule is FCF.O=CO.O=NN1CCCCC1.[HH]. The average molecular weight is 214 g/mol. The van der Waals surface area contributed by atoms with Crippen LogP contribution in [0.15, 0.2) is 5.29 Å². The van der Waals surface area contributed by atoms with Crippen molar-refractivity contribution in [2.24, 2.45) is 5.29 Å². The zero-order valence-electron chi connectivity index (χ0n) is 7.73. The minimum absolute atomic E-state index is 0. The van der Waals surface area contributed by atoms with Crippen LogP contribution in [0.2, 0.25) is 0 Å². The van der Waals surface area contributed by atoms with E-state index >= 15 is 0 Å². The molecule has 0 aromatic carbocycles. The molecule has 7 heteroatoms. The van der Waals surface area contributed by atoms with Crippen LogP contribution in [0.1, 0.15) is 20.7 Å². The fourth-order valence-corrected chi connectivity index (χ4v) is 0.959. The van der Waals surface area contributed by atoms with E-state index in [4.69, 9.17) is 9.90 Å². The summed E-state index contributed by atoms with van der Waals surface area (Å²) in [5.74, 6) is 0. The van der Waals surface area contributed by atoms with Crippen molar-refractivity contribution in [2.75, 3.05) is 20.0 Å². The van der Waals surface area contributed by atoms with Gasteiger partial charge in [0.25, 0.3) is 6.47 Å². The Morgan fingerprint density at radius 2 is 1.71 bits per heavy atom. The molecule has 14 heavy (non-hydrogen) atoms. The summed E-state index contributed by atoms with van der Waals surface area (Å²) in [7, 11) is 0. The highest BCUT2D eigenvalue weighted by Crippen LogP contribution is 2.07. The molecule has 0 radical (unpaired) electrons. The Kier molecular flexibility index (Phi) is 15.5. The second-order valence-corrected chi connectivity index (χ2v) is 2.30. The number of nitroso groups, excluding NO2 is 1. The van der Waals surface area contributed by atoms with Crippen LogP contribution in [0.3, 0.4) is 0 Å². The molecule has 1 rings (SSSR count). The molecule has 1 aliphatic rings. The molecule has 0 atom stereocenters. The third-order valence-corrected chi connectivity index (χ3v) is 1.45. The van der Waals surface area contributed by atoms with Crippen LogP contribution in [0.4, 0.5) is 8.78 Å². The third kappa shape index (κ3) is 13.3. The number of nitrogens with zero attached hydrogens (tertiary/aromatic N) is 2. The quantitative estimate of drug-likeness (QED) is 0.535. The standard InChI is InChI=1S/C5H10N2O.CH2F2.CH2O2.H2/c8-6-7-4-2-1-3-5-7;2*2-1-3;/h1-5H2;1H2;1H,(H,2,3);1H. The maximum atomic E-state index is 9.84. The Bertz CT molecular complexity index is 137. The van der Waals surface area contributed by atoms with Gasteiger partial charge >= 0.3 is 0 Å². The van der Waals surface area contributed by atoms with Gasteiger partial charge in [-0.15, -0.1) is 4.91 Å². The molecule has 1 N–H and O–H groups in total. The molecule has 1 fully saturated rings. The highest BCUT2D eigenvalue weighted by atomic mass is 19.3.